The maximum atomic E-state index is 13.1. The van der Waals surface area contributed by atoms with Crippen LogP contribution in [0.4, 0.5) is 4.39 Å². The summed E-state index contributed by atoms with van der Waals surface area (Å²) in [5.74, 6) is 0.217. The quantitative estimate of drug-likeness (QED) is 0.767. The lowest BCUT2D eigenvalue weighted by molar-refractivity contribution is 0.103. The van der Waals surface area contributed by atoms with Crippen molar-refractivity contribution in [1.82, 2.24) is 0 Å². The zero-order valence-corrected chi connectivity index (χ0v) is 12.8. The van der Waals surface area contributed by atoms with E-state index in [0.29, 0.717) is 33.5 Å². The van der Waals surface area contributed by atoms with Crippen LogP contribution in [0.1, 0.15) is 28.4 Å². The third-order valence-electron chi connectivity index (χ3n) is 2.93. The van der Waals surface area contributed by atoms with Crippen LogP contribution in [0.3, 0.4) is 0 Å². The fraction of sp³-hybridized carbons (Fsp3) is 0.188. The summed E-state index contributed by atoms with van der Waals surface area (Å²) in [6.45, 7) is 4.18. The molecule has 2 rings (SSSR count). The SMILES string of the molecule is CCOc1ccc(C(=O)c2ccc(F)cc2C)c(Br)c1. The summed E-state index contributed by atoms with van der Waals surface area (Å²) in [5, 5.41) is 0. The van der Waals surface area contributed by atoms with Gasteiger partial charge in [-0.05, 0) is 71.7 Å². The number of carbonyl (C=O) groups excluding carboxylic acids is 1. The van der Waals surface area contributed by atoms with E-state index >= 15 is 0 Å². The number of aryl methyl sites for hydroxylation is 1. The Morgan fingerprint density at radius 2 is 1.90 bits per heavy atom. The van der Waals surface area contributed by atoms with Crippen LogP contribution in [0, 0.1) is 12.7 Å². The van der Waals surface area contributed by atoms with Crippen LogP contribution in [-0.2, 0) is 0 Å². The standard InChI is InChI=1S/C16H14BrFO2/c1-3-20-12-5-7-14(15(17)9-12)16(19)13-6-4-11(18)8-10(13)2/h4-9H,3H2,1-2H3. The monoisotopic (exact) mass is 336 g/mol. The summed E-state index contributed by atoms with van der Waals surface area (Å²) in [7, 11) is 0. The maximum Gasteiger partial charge on any atom is 0.194 e. The van der Waals surface area contributed by atoms with E-state index in [2.05, 4.69) is 15.9 Å². The number of hydrogen-bond acceptors (Lipinski definition) is 2. The second-order valence-corrected chi connectivity index (χ2v) is 5.22. The molecule has 2 nitrogen and oxygen atoms in total. The van der Waals surface area contributed by atoms with Gasteiger partial charge < -0.3 is 4.74 Å². The Bertz CT molecular complexity index is 653. The molecule has 20 heavy (non-hydrogen) atoms. The van der Waals surface area contributed by atoms with Crippen molar-refractivity contribution in [2.45, 2.75) is 13.8 Å². The Hall–Kier alpha value is -1.68. The molecule has 0 amide bonds. The highest BCUT2D eigenvalue weighted by molar-refractivity contribution is 9.10. The van der Waals surface area contributed by atoms with Crippen molar-refractivity contribution in [1.29, 1.82) is 0 Å². The predicted octanol–water partition coefficient (Wildman–Crippen LogP) is 4.53. The van der Waals surface area contributed by atoms with Crippen molar-refractivity contribution in [3.05, 3.63) is 63.4 Å². The van der Waals surface area contributed by atoms with Crippen molar-refractivity contribution in [3.8, 4) is 5.75 Å². The van der Waals surface area contributed by atoms with Gasteiger partial charge in [0.1, 0.15) is 11.6 Å². The third-order valence-corrected chi connectivity index (χ3v) is 3.59. The molecule has 4 heteroatoms. The highest BCUT2D eigenvalue weighted by Gasteiger charge is 2.15. The fourth-order valence-corrected chi connectivity index (χ4v) is 2.50. The highest BCUT2D eigenvalue weighted by Crippen LogP contribution is 2.26. The maximum absolute atomic E-state index is 13.1. The lowest BCUT2D eigenvalue weighted by Crippen LogP contribution is -2.05. The van der Waals surface area contributed by atoms with Crippen LogP contribution < -0.4 is 4.74 Å². The summed E-state index contributed by atoms with van der Waals surface area (Å²) in [5.41, 5.74) is 1.65. The molecule has 0 saturated heterocycles. The molecule has 0 spiro atoms. The molecule has 0 aliphatic rings. The lowest BCUT2D eigenvalue weighted by atomic mass is 9.99. The molecule has 0 aliphatic carbocycles. The molecular formula is C16H14BrFO2. The van der Waals surface area contributed by atoms with E-state index in [1.165, 1.54) is 18.2 Å². The van der Waals surface area contributed by atoms with E-state index in [9.17, 15) is 9.18 Å². The molecule has 0 aliphatic heterocycles. The van der Waals surface area contributed by atoms with E-state index in [4.69, 9.17) is 4.74 Å². The van der Waals surface area contributed by atoms with E-state index in [0.717, 1.165) is 0 Å². The smallest absolute Gasteiger partial charge is 0.194 e. The zero-order valence-electron chi connectivity index (χ0n) is 11.2. The minimum absolute atomic E-state index is 0.141. The minimum Gasteiger partial charge on any atom is -0.494 e. The Balaban J connectivity index is 2.38. The molecule has 0 fully saturated rings. The van der Waals surface area contributed by atoms with Crippen LogP contribution in [0.25, 0.3) is 0 Å². The molecule has 2 aromatic carbocycles. The van der Waals surface area contributed by atoms with Crippen molar-refractivity contribution < 1.29 is 13.9 Å². The van der Waals surface area contributed by atoms with E-state index in [1.807, 2.05) is 6.92 Å². The third kappa shape index (κ3) is 3.07. The molecule has 0 bridgehead atoms. The molecule has 104 valence electrons. The Morgan fingerprint density at radius 3 is 2.50 bits per heavy atom. The van der Waals surface area contributed by atoms with Crippen LogP contribution in [0.2, 0.25) is 0 Å². The molecule has 2 aromatic rings. The number of benzene rings is 2. The second kappa shape index (κ2) is 6.18. The first-order valence-corrected chi connectivity index (χ1v) is 7.05. The van der Waals surface area contributed by atoms with E-state index in [-0.39, 0.29) is 11.6 Å². The van der Waals surface area contributed by atoms with Gasteiger partial charge in [0, 0.05) is 15.6 Å². The molecule has 0 aromatic heterocycles. The van der Waals surface area contributed by atoms with Crippen molar-refractivity contribution in [2.24, 2.45) is 0 Å². The molecule has 0 unspecified atom stereocenters. The molecule has 0 radical (unpaired) electrons. The number of ketones is 1. The second-order valence-electron chi connectivity index (χ2n) is 4.36. The largest absolute Gasteiger partial charge is 0.494 e. The number of halogens is 2. The Kier molecular flexibility index (Phi) is 4.55. The molecule has 0 heterocycles. The van der Waals surface area contributed by atoms with Gasteiger partial charge in [0.2, 0.25) is 0 Å². The molecule has 0 saturated carbocycles. The number of rotatable bonds is 4. The molecular weight excluding hydrogens is 323 g/mol. The number of hydrogen-bond donors (Lipinski definition) is 0. The van der Waals surface area contributed by atoms with Crippen molar-refractivity contribution >= 4 is 21.7 Å². The average molecular weight is 337 g/mol. The van der Waals surface area contributed by atoms with Crippen molar-refractivity contribution in [3.63, 3.8) is 0 Å². The van der Waals surface area contributed by atoms with Gasteiger partial charge in [-0.25, -0.2) is 4.39 Å². The number of carbonyl (C=O) groups is 1. The van der Waals surface area contributed by atoms with Crippen molar-refractivity contribution in [2.75, 3.05) is 6.61 Å². The normalized spacial score (nSPS) is 10.4. The van der Waals surface area contributed by atoms with Gasteiger partial charge in [0.05, 0.1) is 6.61 Å². The van der Waals surface area contributed by atoms with Gasteiger partial charge in [-0.1, -0.05) is 0 Å². The van der Waals surface area contributed by atoms with Gasteiger partial charge in [-0.15, -0.1) is 0 Å². The lowest BCUT2D eigenvalue weighted by Gasteiger charge is -2.09. The minimum atomic E-state index is -0.343. The molecule has 0 N–H and O–H groups in total. The van der Waals surface area contributed by atoms with Gasteiger partial charge in [0.15, 0.2) is 5.78 Å². The summed E-state index contributed by atoms with van der Waals surface area (Å²) in [6, 6.07) is 9.38. The van der Waals surface area contributed by atoms with Crippen LogP contribution in [0.15, 0.2) is 40.9 Å². The first-order chi connectivity index (χ1) is 9.52. The van der Waals surface area contributed by atoms with Gasteiger partial charge >= 0.3 is 0 Å². The van der Waals surface area contributed by atoms with Crippen LogP contribution >= 0.6 is 15.9 Å². The number of ether oxygens (including phenoxy) is 1. The zero-order chi connectivity index (χ0) is 14.7. The first kappa shape index (κ1) is 14.7. The summed E-state index contributed by atoms with van der Waals surface area (Å²) < 4.78 is 19.1. The van der Waals surface area contributed by atoms with Gasteiger partial charge in [-0.3, -0.25) is 4.79 Å². The summed E-state index contributed by atoms with van der Waals surface area (Å²) >= 11 is 3.38. The topological polar surface area (TPSA) is 26.3 Å². The van der Waals surface area contributed by atoms with Crippen LogP contribution in [0.5, 0.6) is 5.75 Å². The van der Waals surface area contributed by atoms with Crippen LogP contribution in [-0.4, -0.2) is 12.4 Å². The van der Waals surface area contributed by atoms with Gasteiger partial charge in [-0.2, -0.15) is 0 Å². The highest BCUT2D eigenvalue weighted by atomic mass is 79.9. The fourth-order valence-electron chi connectivity index (χ4n) is 1.96. The van der Waals surface area contributed by atoms with E-state index < -0.39 is 0 Å². The summed E-state index contributed by atoms with van der Waals surface area (Å²) in [6.07, 6.45) is 0. The molecule has 0 atom stereocenters. The predicted molar refractivity (Wildman–Crippen MR) is 79.9 cm³/mol. The van der Waals surface area contributed by atoms with E-state index in [1.54, 1.807) is 25.1 Å². The summed E-state index contributed by atoms with van der Waals surface area (Å²) in [4.78, 5) is 12.5. The Morgan fingerprint density at radius 1 is 1.20 bits per heavy atom. The average Bonchev–Trinajstić information content (AvgIpc) is 2.38. The van der Waals surface area contributed by atoms with Gasteiger partial charge in [0.25, 0.3) is 0 Å². The Labute approximate surface area is 125 Å². The first-order valence-electron chi connectivity index (χ1n) is 6.26.